The van der Waals surface area contributed by atoms with Gasteiger partial charge >= 0.3 is 0 Å². The van der Waals surface area contributed by atoms with Crippen LogP contribution in [0.4, 0.5) is 0 Å². The van der Waals surface area contributed by atoms with Crippen LogP contribution in [0, 0.1) is 5.41 Å². The fourth-order valence-corrected chi connectivity index (χ4v) is 0.988. The minimum atomic E-state index is -0.399. The molecule has 2 N–H and O–H groups in total. The maximum Gasteiger partial charge on any atom is 0.244 e. The van der Waals surface area contributed by atoms with E-state index in [1.54, 1.807) is 0 Å². The summed E-state index contributed by atoms with van der Waals surface area (Å²) in [5.41, 5.74) is 5.49. The number of hydrogen-bond donors (Lipinski definition) is 1. The third kappa shape index (κ3) is 4.08. The Morgan fingerprint density at radius 3 is 2.23 bits per heavy atom. The van der Waals surface area contributed by atoms with Gasteiger partial charge in [0.25, 0.3) is 0 Å². The van der Waals surface area contributed by atoms with E-state index in [9.17, 15) is 4.79 Å². The summed E-state index contributed by atoms with van der Waals surface area (Å²) >= 11 is 0. The minimum absolute atomic E-state index is 0.198. The molecule has 1 amide bonds. The summed E-state index contributed by atoms with van der Waals surface area (Å²) < 4.78 is 0. The summed E-state index contributed by atoms with van der Waals surface area (Å²) in [6, 6.07) is 0. The molecule has 0 atom stereocenters. The Bertz CT molecular complexity index is 207. The molecule has 0 fully saturated rings. The van der Waals surface area contributed by atoms with Gasteiger partial charge in [0.15, 0.2) is 0 Å². The highest BCUT2D eigenvalue weighted by Gasteiger charge is 2.24. The lowest BCUT2D eigenvalue weighted by atomic mass is 9.81. The second kappa shape index (κ2) is 4.42. The number of primary amides is 1. The van der Waals surface area contributed by atoms with Gasteiger partial charge in [0.2, 0.25) is 5.91 Å². The molecule has 3 nitrogen and oxygen atoms in total. The highest BCUT2D eigenvalue weighted by Crippen LogP contribution is 2.28. The highest BCUT2D eigenvalue weighted by molar-refractivity contribution is 5.92. The van der Waals surface area contributed by atoms with E-state index in [0.29, 0.717) is 5.57 Å². The maximum atomic E-state index is 10.9. The zero-order chi connectivity index (χ0) is 10.6. The summed E-state index contributed by atoms with van der Waals surface area (Å²) in [6.07, 6.45) is 0.891. The minimum Gasteiger partial charge on any atom is -0.366 e. The van der Waals surface area contributed by atoms with Crippen LogP contribution in [0.15, 0.2) is 12.2 Å². The fourth-order valence-electron chi connectivity index (χ4n) is 0.988. The predicted octanol–water partition coefficient (Wildman–Crippen LogP) is 1.01. The first-order valence-corrected chi connectivity index (χ1v) is 4.41. The number of amides is 1. The molecule has 0 aromatic carbocycles. The number of carbonyl (C=O) groups is 1. The molecular weight excluding hydrogens is 164 g/mol. The third-order valence-corrected chi connectivity index (χ3v) is 2.30. The van der Waals surface area contributed by atoms with Crippen LogP contribution in [-0.2, 0) is 4.79 Å². The van der Waals surface area contributed by atoms with Crippen molar-refractivity contribution in [2.75, 3.05) is 20.6 Å². The van der Waals surface area contributed by atoms with Crippen molar-refractivity contribution < 1.29 is 4.79 Å². The van der Waals surface area contributed by atoms with Gasteiger partial charge in [0.05, 0.1) is 0 Å². The van der Waals surface area contributed by atoms with Crippen LogP contribution in [0.25, 0.3) is 0 Å². The van der Waals surface area contributed by atoms with Crippen LogP contribution in [0.2, 0.25) is 0 Å². The molecule has 0 aromatic heterocycles. The van der Waals surface area contributed by atoms with E-state index in [1.165, 1.54) is 0 Å². The topological polar surface area (TPSA) is 46.3 Å². The average molecular weight is 184 g/mol. The standard InChI is InChI=1S/C10H20N2O/c1-8(9(11)13)10(2,3)6-7-12(4)5/h1,6-7H2,2-5H3,(H2,11,13). The Labute approximate surface area is 80.6 Å². The van der Waals surface area contributed by atoms with Crippen molar-refractivity contribution in [2.24, 2.45) is 11.1 Å². The zero-order valence-corrected chi connectivity index (χ0v) is 9.05. The molecular formula is C10H20N2O. The number of nitrogens with two attached hydrogens (primary N) is 1. The third-order valence-electron chi connectivity index (χ3n) is 2.30. The van der Waals surface area contributed by atoms with Crippen molar-refractivity contribution in [3.05, 3.63) is 12.2 Å². The van der Waals surface area contributed by atoms with E-state index in [2.05, 4.69) is 11.5 Å². The van der Waals surface area contributed by atoms with Gasteiger partial charge in [-0.25, -0.2) is 0 Å². The quantitative estimate of drug-likeness (QED) is 0.648. The summed E-state index contributed by atoms with van der Waals surface area (Å²) in [5, 5.41) is 0. The van der Waals surface area contributed by atoms with Crippen LogP contribution in [0.3, 0.4) is 0 Å². The average Bonchev–Trinajstić information content (AvgIpc) is 1.99. The lowest BCUT2D eigenvalue weighted by Gasteiger charge is -2.26. The van der Waals surface area contributed by atoms with E-state index in [4.69, 9.17) is 5.73 Å². The van der Waals surface area contributed by atoms with Crippen LogP contribution in [0.5, 0.6) is 0 Å². The van der Waals surface area contributed by atoms with E-state index in [-0.39, 0.29) is 5.41 Å². The van der Waals surface area contributed by atoms with E-state index < -0.39 is 5.91 Å². The molecule has 0 unspecified atom stereocenters. The molecule has 0 aliphatic heterocycles. The summed E-state index contributed by atoms with van der Waals surface area (Å²) in [7, 11) is 4.01. The van der Waals surface area contributed by atoms with Crippen molar-refractivity contribution >= 4 is 5.91 Å². The van der Waals surface area contributed by atoms with Crippen molar-refractivity contribution in [3.63, 3.8) is 0 Å². The van der Waals surface area contributed by atoms with Gasteiger partial charge in [-0.15, -0.1) is 0 Å². The molecule has 0 heterocycles. The number of carbonyl (C=O) groups excluding carboxylic acids is 1. The van der Waals surface area contributed by atoms with Crippen LogP contribution < -0.4 is 5.73 Å². The first-order valence-electron chi connectivity index (χ1n) is 4.41. The lowest BCUT2D eigenvalue weighted by molar-refractivity contribution is -0.115. The summed E-state index contributed by atoms with van der Waals surface area (Å²) in [5.74, 6) is -0.399. The molecule has 3 heteroatoms. The molecule has 0 saturated carbocycles. The second-order valence-electron chi connectivity index (χ2n) is 4.28. The van der Waals surface area contributed by atoms with Gasteiger partial charge in [-0.3, -0.25) is 4.79 Å². The first-order chi connectivity index (χ1) is 5.77. The van der Waals surface area contributed by atoms with Gasteiger partial charge in [-0.1, -0.05) is 20.4 Å². The maximum absolute atomic E-state index is 10.9. The normalized spacial score (nSPS) is 11.8. The van der Waals surface area contributed by atoms with Crippen molar-refractivity contribution in [2.45, 2.75) is 20.3 Å². The van der Waals surface area contributed by atoms with Gasteiger partial charge < -0.3 is 10.6 Å². The Hall–Kier alpha value is -0.830. The Morgan fingerprint density at radius 1 is 1.46 bits per heavy atom. The molecule has 0 aliphatic rings. The predicted molar refractivity (Wildman–Crippen MR) is 55.3 cm³/mol. The molecule has 0 saturated heterocycles. The smallest absolute Gasteiger partial charge is 0.244 e. The molecule has 0 bridgehead atoms. The molecule has 0 aliphatic carbocycles. The van der Waals surface area contributed by atoms with Gasteiger partial charge in [-0.05, 0) is 32.5 Å². The summed E-state index contributed by atoms with van der Waals surface area (Å²) in [6.45, 7) is 8.62. The van der Waals surface area contributed by atoms with Crippen molar-refractivity contribution in [3.8, 4) is 0 Å². The van der Waals surface area contributed by atoms with Crippen LogP contribution >= 0.6 is 0 Å². The molecule has 0 spiro atoms. The van der Waals surface area contributed by atoms with E-state index in [1.807, 2.05) is 27.9 Å². The number of hydrogen-bond acceptors (Lipinski definition) is 2. The largest absolute Gasteiger partial charge is 0.366 e. The fraction of sp³-hybridized carbons (Fsp3) is 0.700. The molecule has 0 rings (SSSR count). The van der Waals surface area contributed by atoms with Crippen LogP contribution in [0.1, 0.15) is 20.3 Å². The number of nitrogens with zero attached hydrogens (tertiary/aromatic N) is 1. The molecule has 0 aromatic rings. The van der Waals surface area contributed by atoms with E-state index in [0.717, 1.165) is 13.0 Å². The van der Waals surface area contributed by atoms with Crippen molar-refractivity contribution in [1.82, 2.24) is 4.90 Å². The second-order valence-corrected chi connectivity index (χ2v) is 4.28. The molecule has 0 radical (unpaired) electrons. The highest BCUT2D eigenvalue weighted by atomic mass is 16.1. The van der Waals surface area contributed by atoms with Gasteiger partial charge in [0, 0.05) is 5.57 Å². The van der Waals surface area contributed by atoms with Crippen LogP contribution in [-0.4, -0.2) is 31.4 Å². The Balaban J connectivity index is 4.22. The van der Waals surface area contributed by atoms with E-state index >= 15 is 0 Å². The first kappa shape index (κ1) is 12.2. The lowest BCUT2D eigenvalue weighted by Crippen LogP contribution is -2.29. The molecule has 13 heavy (non-hydrogen) atoms. The molecule has 76 valence electrons. The van der Waals surface area contributed by atoms with Crippen molar-refractivity contribution in [1.29, 1.82) is 0 Å². The zero-order valence-electron chi connectivity index (χ0n) is 9.05. The number of rotatable bonds is 5. The SMILES string of the molecule is C=C(C(N)=O)C(C)(C)CCN(C)C. The Kier molecular flexibility index (Phi) is 4.14. The van der Waals surface area contributed by atoms with Gasteiger partial charge in [0.1, 0.15) is 0 Å². The summed E-state index contributed by atoms with van der Waals surface area (Å²) in [4.78, 5) is 13.0. The Morgan fingerprint density at radius 2 is 1.92 bits per heavy atom. The van der Waals surface area contributed by atoms with Gasteiger partial charge in [-0.2, -0.15) is 0 Å². The monoisotopic (exact) mass is 184 g/mol.